The topological polar surface area (TPSA) is 68.5 Å². The molecule has 0 aliphatic heterocycles. The van der Waals surface area contributed by atoms with Crippen LogP contribution in [0.25, 0.3) is 16.8 Å². The smallest absolute Gasteiger partial charge is 0.354 e. The lowest BCUT2D eigenvalue weighted by molar-refractivity contribution is -0.532. The lowest BCUT2D eigenvalue weighted by Crippen LogP contribution is -2.43. The second-order valence-corrected chi connectivity index (χ2v) is 7.66. The van der Waals surface area contributed by atoms with Crippen LogP contribution in [0, 0.1) is 0 Å². The number of methoxy groups -OCH3 is 1. The van der Waals surface area contributed by atoms with Crippen molar-refractivity contribution in [2.75, 3.05) is 7.11 Å². The number of nitrogens with zero attached hydrogens (tertiary/aromatic N) is 3. The van der Waals surface area contributed by atoms with Gasteiger partial charge in [0.25, 0.3) is 11.5 Å². The number of pyridine rings is 2. The summed E-state index contributed by atoms with van der Waals surface area (Å²) >= 11 is 9.31. The quantitative estimate of drug-likeness (QED) is 0.361. The zero-order chi connectivity index (χ0) is 20.5. The van der Waals surface area contributed by atoms with Crippen molar-refractivity contribution in [1.82, 2.24) is 9.55 Å². The van der Waals surface area contributed by atoms with E-state index in [1.807, 2.05) is 18.2 Å². The fraction of sp³-hybridized carbons (Fsp3) is 0.0952. The van der Waals surface area contributed by atoms with Gasteiger partial charge in [0.15, 0.2) is 5.56 Å². The lowest BCUT2D eigenvalue weighted by atomic mass is 10.1. The van der Waals surface area contributed by atoms with E-state index in [2.05, 4.69) is 20.9 Å². The maximum atomic E-state index is 13.3. The van der Waals surface area contributed by atoms with Gasteiger partial charge in [0.2, 0.25) is 0 Å². The predicted octanol–water partition coefficient (Wildman–Crippen LogP) is 3.83. The summed E-state index contributed by atoms with van der Waals surface area (Å²) in [7, 11) is 1.52. The first-order valence-electron chi connectivity index (χ1n) is 8.70. The molecule has 0 unspecified atom stereocenters. The lowest BCUT2D eigenvalue weighted by Gasteiger charge is -2.12. The maximum Gasteiger partial charge on any atom is 0.354 e. The average Bonchev–Trinajstić information content (AvgIpc) is 2.73. The minimum atomic E-state index is -0.347. The van der Waals surface area contributed by atoms with Crippen molar-refractivity contribution in [2.45, 2.75) is 6.54 Å². The van der Waals surface area contributed by atoms with Crippen LogP contribution >= 0.6 is 27.5 Å². The van der Waals surface area contributed by atoms with Gasteiger partial charge in [-0.25, -0.2) is 9.78 Å². The second kappa shape index (κ2) is 7.85. The fourth-order valence-corrected chi connectivity index (χ4v) is 3.71. The molecule has 3 heterocycles. The van der Waals surface area contributed by atoms with E-state index in [9.17, 15) is 9.90 Å². The first kappa shape index (κ1) is 19.4. The van der Waals surface area contributed by atoms with Crippen LogP contribution in [0.1, 0.15) is 5.56 Å². The Morgan fingerprint density at radius 1 is 1.24 bits per heavy atom. The Bertz CT molecular complexity index is 1270. The van der Waals surface area contributed by atoms with Crippen LogP contribution in [0.3, 0.4) is 0 Å². The van der Waals surface area contributed by atoms with E-state index in [-0.39, 0.29) is 17.0 Å². The van der Waals surface area contributed by atoms with E-state index >= 15 is 0 Å². The molecule has 4 rings (SSSR count). The highest BCUT2D eigenvalue weighted by molar-refractivity contribution is 9.10. The molecule has 0 aliphatic rings. The molecule has 1 aromatic carbocycles. The normalized spacial score (nSPS) is 11.0. The molecule has 6 nitrogen and oxygen atoms in total. The summed E-state index contributed by atoms with van der Waals surface area (Å²) < 4.78 is 9.35. The Morgan fingerprint density at radius 2 is 2.07 bits per heavy atom. The summed E-state index contributed by atoms with van der Waals surface area (Å²) in [5.74, 6) is 0.323. The third kappa shape index (κ3) is 3.59. The number of benzene rings is 1. The average molecular weight is 474 g/mol. The Kier molecular flexibility index (Phi) is 5.25. The Labute approximate surface area is 179 Å². The van der Waals surface area contributed by atoms with Crippen molar-refractivity contribution in [1.29, 1.82) is 0 Å². The van der Waals surface area contributed by atoms with Crippen molar-refractivity contribution in [2.24, 2.45) is 0 Å². The molecule has 8 heteroatoms. The Morgan fingerprint density at radius 3 is 2.79 bits per heavy atom. The molecule has 0 atom stereocenters. The summed E-state index contributed by atoms with van der Waals surface area (Å²) in [5, 5.41) is 11.6. The third-order valence-electron chi connectivity index (χ3n) is 4.59. The second-order valence-electron chi connectivity index (χ2n) is 6.35. The zero-order valence-electron chi connectivity index (χ0n) is 15.3. The van der Waals surface area contributed by atoms with Crippen LogP contribution in [0.5, 0.6) is 11.6 Å². The number of rotatable bonds is 4. The van der Waals surface area contributed by atoms with Crippen LogP contribution in [0.4, 0.5) is 0 Å². The van der Waals surface area contributed by atoms with Crippen molar-refractivity contribution in [3.63, 3.8) is 0 Å². The highest BCUT2D eigenvalue weighted by atomic mass is 79.9. The summed E-state index contributed by atoms with van der Waals surface area (Å²) in [6.07, 6.45) is 3.31. The highest BCUT2D eigenvalue weighted by Gasteiger charge is 2.27. The van der Waals surface area contributed by atoms with Gasteiger partial charge in [-0.05, 0) is 30.3 Å². The van der Waals surface area contributed by atoms with Crippen LogP contribution in [-0.2, 0) is 6.54 Å². The fourth-order valence-electron chi connectivity index (χ4n) is 3.24. The predicted molar refractivity (Wildman–Crippen MR) is 114 cm³/mol. The number of aromatic nitrogens is 3. The SMILES string of the molecule is COc1ccc(Br)cc1-c1c(O)n(Cc2ccc(Cl)nc2)c2cccc[n+]2c1=O. The summed E-state index contributed by atoms with van der Waals surface area (Å²) in [5.41, 5.74) is 1.66. The molecule has 0 saturated heterocycles. The summed E-state index contributed by atoms with van der Waals surface area (Å²) in [4.78, 5) is 17.4. The molecular weight excluding hydrogens is 458 g/mol. The van der Waals surface area contributed by atoms with E-state index in [0.29, 0.717) is 28.7 Å². The van der Waals surface area contributed by atoms with Crippen molar-refractivity contribution >= 4 is 33.2 Å². The molecule has 0 saturated carbocycles. The van der Waals surface area contributed by atoms with Gasteiger partial charge in [-0.15, -0.1) is 0 Å². The van der Waals surface area contributed by atoms with Crippen LogP contribution in [0.15, 0.2) is 70.2 Å². The maximum absolute atomic E-state index is 13.3. The largest absolute Gasteiger partial charge is 0.496 e. The van der Waals surface area contributed by atoms with Gasteiger partial charge >= 0.3 is 5.56 Å². The van der Waals surface area contributed by atoms with Gasteiger partial charge in [-0.3, -0.25) is 0 Å². The number of halogens is 2. The zero-order valence-corrected chi connectivity index (χ0v) is 17.7. The van der Waals surface area contributed by atoms with E-state index in [1.54, 1.807) is 47.3 Å². The van der Waals surface area contributed by atoms with E-state index < -0.39 is 0 Å². The van der Waals surface area contributed by atoms with Crippen molar-refractivity contribution < 1.29 is 14.2 Å². The van der Waals surface area contributed by atoms with Crippen molar-refractivity contribution in [3.05, 3.63) is 86.5 Å². The molecule has 29 heavy (non-hydrogen) atoms. The van der Waals surface area contributed by atoms with Gasteiger partial charge in [0.1, 0.15) is 17.4 Å². The van der Waals surface area contributed by atoms with Crippen molar-refractivity contribution in [3.8, 4) is 22.8 Å². The molecule has 0 fully saturated rings. The molecule has 3 aromatic heterocycles. The first-order chi connectivity index (χ1) is 14.0. The number of hydrogen-bond acceptors (Lipinski definition) is 4. The number of fused-ring (bicyclic) bond motifs is 1. The molecule has 4 aromatic rings. The summed E-state index contributed by atoms with van der Waals surface area (Å²) in [6.45, 7) is 0.299. The molecule has 146 valence electrons. The van der Waals surface area contributed by atoms with Gasteiger partial charge in [0, 0.05) is 27.9 Å². The van der Waals surface area contributed by atoms with Gasteiger partial charge < -0.3 is 9.84 Å². The van der Waals surface area contributed by atoms with Gasteiger partial charge in [-0.1, -0.05) is 39.7 Å². The molecule has 0 aliphatic carbocycles. The molecule has 0 bridgehead atoms. The Balaban J connectivity index is 2.03. The first-order valence-corrected chi connectivity index (χ1v) is 9.87. The molecule has 0 radical (unpaired) electrons. The molecule has 1 N–H and O–H groups in total. The van der Waals surface area contributed by atoms with E-state index in [1.165, 1.54) is 11.5 Å². The number of aromatic hydroxyl groups is 1. The minimum Gasteiger partial charge on any atom is -0.496 e. The van der Waals surface area contributed by atoms with E-state index in [0.717, 1.165) is 10.0 Å². The van der Waals surface area contributed by atoms with E-state index in [4.69, 9.17) is 16.3 Å². The van der Waals surface area contributed by atoms with Gasteiger partial charge in [0.05, 0.1) is 13.3 Å². The standard InChI is InChI=1S/C21H15BrClN3O3/c1-29-16-7-6-14(22)10-15(16)19-20(27)25-9-3-2-4-18(25)26(21(19)28)12-13-5-8-17(23)24-11-13/h2-11H,12H2,1H3/p+1. The Hall–Kier alpha value is -2.90. The van der Waals surface area contributed by atoms with Gasteiger partial charge in [-0.2, -0.15) is 8.97 Å². The molecule has 0 amide bonds. The van der Waals surface area contributed by atoms with Crippen LogP contribution in [0.2, 0.25) is 5.15 Å². The highest BCUT2D eigenvalue weighted by Crippen LogP contribution is 2.35. The van der Waals surface area contributed by atoms with Crippen LogP contribution in [-0.4, -0.2) is 21.8 Å². The molecular formula is C21H16BrClN3O3+. The summed E-state index contributed by atoms with van der Waals surface area (Å²) in [6, 6.07) is 14.2. The monoisotopic (exact) mass is 472 g/mol. The molecule has 0 spiro atoms. The minimum absolute atomic E-state index is 0.147. The van der Waals surface area contributed by atoms with Crippen LogP contribution < -0.4 is 14.7 Å². The number of hydrogen-bond donors (Lipinski definition) is 1. The number of ether oxygens (including phenoxy) is 1. The third-order valence-corrected chi connectivity index (χ3v) is 5.30.